The second kappa shape index (κ2) is 13.6. The normalized spacial score (nSPS) is 13.3. The lowest BCUT2D eigenvalue weighted by atomic mass is 10.0. The Hall–Kier alpha value is -4.52. The third-order valence-corrected chi connectivity index (χ3v) is 7.33. The molecular formula is C36H42N2O5. The molecule has 7 nitrogen and oxygen atoms in total. The monoisotopic (exact) mass is 582 g/mol. The summed E-state index contributed by atoms with van der Waals surface area (Å²) in [5.74, 6) is -0.464. The largest absolute Gasteiger partial charge is 0.463 e. The summed E-state index contributed by atoms with van der Waals surface area (Å²) in [7, 11) is 0. The van der Waals surface area contributed by atoms with Crippen molar-refractivity contribution in [3.05, 3.63) is 111 Å². The van der Waals surface area contributed by atoms with E-state index in [-0.39, 0.29) is 19.0 Å². The van der Waals surface area contributed by atoms with Crippen molar-refractivity contribution in [1.29, 1.82) is 0 Å². The smallest absolute Gasteiger partial charge is 0.374 e. The van der Waals surface area contributed by atoms with Crippen LogP contribution in [-0.4, -0.2) is 38.2 Å². The quantitative estimate of drug-likeness (QED) is 0.150. The van der Waals surface area contributed by atoms with Crippen LogP contribution in [0.15, 0.2) is 72.3 Å². The third kappa shape index (κ3) is 6.94. The minimum Gasteiger partial charge on any atom is -0.463 e. The molecule has 3 aromatic rings. The lowest BCUT2D eigenvalue weighted by Gasteiger charge is -2.31. The molecule has 1 aliphatic heterocycles. The van der Waals surface area contributed by atoms with Crippen molar-refractivity contribution in [2.45, 2.75) is 55.4 Å². The van der Waals surface area contributed by atoms with Gasteiger partial charge in [-0.3, -0.25) is 0 Å². The lowest BCUT2D eigenvalue weighted by molar-refractivity contribution is -0.143. The van der Waals surface area contributed by atoms with E-state index in [1.54, 1.807) is 13.8 Å². The van der Waals surface area contributed by atoms with Gasteiger partial charge in [-0.05, 0) is 77.6 Å². The van der Waals surface area contributed by atoms with Crippen molar-refractivity contribution >= 4 is 29.1 Å². The molecule has 3 aromatic carbocycles. The van der Waals surface area contributed by atoms with Gasteiger partial charge >= 0.3 is 11.9 Å². The first kappa shape index (κ1) is 31.4. The zero-order valence-corrected chi connectivity index (χ0v) is 26.5. The van der Waals surface area contributed by atoms with Crippen molar-refractivity contribution < 1.29 is 23.8 Å². The standard InChI is InChI=1S/C36H42N2O5/c1-9-41-31(39)22-30(36(40)42-10-2)43-34(29-14-12-11-13-15-29)35-37(32-25(5)18-23(3)19-26(32)6)16-17-38(35)33-27(7)20-24(4)21-28(33)8/h11-15,18-22H,9-10,16-17H2,1-8H3/b30-22+. The second-order valence-electron chi connectivity index (χ2n) is 10.9. The van der Waals surface area contributed by atoms with Crippen LogP contribution in [0.1, 0.15) is 52.8 Å². The van der Waals surface area contributed by atoms with Gasteiger partial charge in [-0.1, -0.05) is 65.7 Å². The molecule has 1 saturated heterocycles. The summed E-state index contributed by atoms with van der Waals surface area (Å²) in [6.45, 7) is 17.7. The van der Waals surface area contributed by atoms with E-state index in [9.17, 15) is 9.59 Å². The van der Waals surface area contributed by atoms with E-state index in [0.29, 0.717) is 18.8 Å². The Balaban J connectivity index is 2.06. The zero-order valence-electron chi connectivity index (χ0n) is 26.5. The fourth-order valence-electron chi connectivity index (χ4n) is 5.99. The summed E-state index contributed by atoms with van der Waals surface area (Å²) in [6, 6.07) is 18.4. The fourth-order valence-corrected chi connectivity index (χ4v) is 5.99. The summed E-state index contributed by atoms with van der Waals surface area (Å²) >= 11 is 0. The minimum atomic E-state index is -0.744. The topological polar surface area (TPSA) is 68.3 Å². The highest BCUT2D eigenvalue weighted by Crippen LogP contribution is 2.42. The van der Waals surface area contributed by atoms with E-state index < -0.39 is 11.9 Å². The average Bonchev–Trinajstić information content (AvgIpc) is 3.34. The molecule has 0 aliphatic carbocycles. The maximum absolute atomic E-state index is 13.2. The molecule has 0 spiro atoms. The predicted molar refractivity (Wildman–Crippen MR) is 172 cm³/mol. The number of esters is 2. The maximum atomic E-state index is 13.2. The van der Waals surface area contributed by atoms with Crippen LogP contribution in [0, 0.1) is 41.5 Å². The first-order valence-corrected chi connectivity index (χ1v) is 14.8. The van der Waals surface area contributed by atoms with Gasteiger partial charge in [-0.2, -0.15) is 0 Å². The second-order valence-corrected chi connectivity index (χ2v) is 10.9. The summed E-state index contributed by atoms with van der Waals surface area (Å²) in [4.78, 5) is 30.3. The van der Waals surface area contributed by atoms with Crippen LogP contribution < -0.4 is 9.80 Å². The number of rotatable bonds is 9. The third-order valence-electron chi connectivity index (χ3n) is 7.33. The highest BCUT2D eigenvalue weighted by Gasteiger charge is 2.36. The van der Waals surface area contributed by atoms with E-state index in [0.717, 1.165) is 51.1 Å². The number of nitrogens with zero attached hydrogens (tertiary/aromatic N) is 2. The number of hydrogen-bond donors (Lipinski definition) is 0. The first-order valence-electron chi connectivity index (χ1n) is 14.8. The van der Waals surface area contributed by atoms with Gasteiger partial charge in [-0.15, -0.1) is 0 Å². The molecule has 1 heterocycles. The Morgan fingerprint density at radius 3 is 1.63 bits per heavy atom. The molecule has 0 aromatic heterocycles. The molecule has 1 aliphatic rings. The number of ether oxygens (including phenoxy) is 3. The number of aryl methyl sites for hydroxylation is 6. The molecule has 43 heavy (non-hydrogen) atoms. The Morgan fingerprint density at radius 2 is 1.19 bits per heavy atom. The van der Waals surface area contributed by atoms with Crippen LogP contribution in [0.3, 0.4) is 0 Å². The van der Waals surface area contributed by atoms with Crippen LogP contribution >= 0.6 is 0 Å². The van der Waals surface area contributed by atoms with Gasteiger partial charge in [0.15, 0.2) is 11.6 Å². The number of hydrogen-bond acceptors (Lipinski definition) is 7. The lowest BCUT2D eigenvalue weighted by Crippen LogP contribution is -2.28. The Morgan fingerprint density at radius 1 is 0.721 bits per heavy atom. The summed E-state index contributed by atoms with van der Waals surface area (Å²) in [5.41, 5.74) is 9.81. The van der Waals surface area contributed by atoms with Gasteiger partial charge in [0.2, 0.25) is 5.76 Å². The Labute approximate surface area is 255 Å². The maximum Gasteiger partial charge on any atom is 0.374 e. The van der Waals surface area contributed by atoms with Gasteiger partial charge in [-0.25, -0.2) is 9.59 Å². The highest BCUT2D eigenvalue weighted by atomic mass is 16.6. The molecule has 4 rings (SSSR count). The molecule has 7 heteroatoms. The van der Waals surface area contributed by atoms with E-state index in [1.807, 2.05) is 30.3 Å². The van der Waals surface area contributed by atoms with Crippen molar-refractivity contribution in [2.24, 2.45) is 0 Å². The number of carbonyl (C=O) groups is 2. The van der Waals surface area contributed by atoms with Crippen LogP contribution in [0.2, 0.25) is 0 Å². The highest BCUT2D eigenvalue weighted by molar-refractivity contribution is 5.96. The Bertz CT molecular complexity index is 1460. The number of anilines is 2. The summed E-state index contributed by atoms with van der Waals surface area (Å²) in [6.07, 6.45) is 1.07. The van der Waals surface area contributed by atoms with Gasteiger partial charge in [0.05, 0.1) is 19.3 Å². The molecule has 0 N–H and O–H groups in total. The van der Waals surface area contributed by atoms with Crippen molar-refractivity contribution in [3.8, 4) is 0 Å². The molecule has 0 amide bonds. The predicted octanol–water partition coefficient (Wildman–Crippen LogP) is 7.22. The van der Waals surface area contributed by atoms with Gasteiger partial charge in [0, 0.05) is 30.0 Å². The first-order chi connectivity index (χ1) is 20.5. The van der Waals surface area contributed by atoms with E-state index >= 15 is 0 Å². The van der Waals surface area contributed by atoms with Crippen molar-refractivity contribution in [2.75, 3.05) is 36.1 Å². The number of carbonyl (C=O) groups excluding carboxylic acids is 2. The van der Waals surface area contributed by atoms with E-state index in [4.69, 9.17) is 14.2 Å². The molecule has 1 fully saturated rings. The summed E-state index contributed by atoms with van der Waals surface area (Å²) in [5, 5.41) is 0. The number of benzene rings is 3. The van der Waals surface area contributed by atoms with Crippen LogP contribution in [0.5, 0.6) is 0 Å². The average molecular weight is 583 g/mol. The van der Waals surface area contributed by atoms with E-state index in [1.165, 1.54) is 11.1 Å². The minimum absolute atomic E-state index is 0.126. The van der Waals surface area contributed by atoms with Crippen LogP contribution in [0.4, 0.5) is 11.4 Å². The SMILES string of the molecule is CCOC(=O)/C=C(/OC(=C1N(c2c(C)cc(C)cc2C)CCN1c1c(C)cc(C)cc1C)c1ccccc1)C(=O)OCC. The van der Waals surface area contributed by atoms with Gasteiger partial charge < -0.3 is 24.0 Å². The molecule has 226 valence electrons. The molecule has 0 atom stereocenters. The van der Waals surface area contributed by atoms with Crippen molar-refractivity contribution in [3.63, 3.8) is 0 Å². The molecule has 0 bridgehead atoms. The van der Waals surface area contributed by atoms with Crippen molar-refractivity contribution in [1.82, 2.24) is 0 Å². The van der Waals surface area contributed by atoms with Crippen LogP contribution in [0.25, 0.3) is 5.76 Å². The van der Waals surface area contributed by atoms with Gasteiger partial charge in [0.25, 0.3) is 0 Å². The molecule has 0 radical (unpaired) electrons. The van der Waals surface area contributed by atoms with Gasteiger partial charge in [0.1, 0.15) is 0 Å². The van der Waals surface area contributed by atoms with Crippen LogP contribution in [-0.2, 0) is 23.8 Å². The molecule has 0 unspecified atom stereocenters. The fraction of sp³-hybridized carbons (Fsp3) is 0.333. The molecule has 0 saturated carbocycles. The summed E-state index contributed by atoms with van der Waals surface area (Å²) < 4.78 is 17.0. The molecular weight excluding hydrogens is 540 g/mol. The zero-order chi connectivity index (χ0) is 31.3. The Kier molecular flexibility index (Phi) is 9.96. The van der Waals surface area contributed by atoms with E-state index in [2.05, 4.69) is 75.6 Å².